The molecular formula is C34H66N6O13. The van der Waals surface area contributed by atoms with E-state index in [1.54, 1.807) is 0 Å². The number of ether oxygens (including phenoxy) is 1. The summed E-state index contributed by atoms with van der Waals surface area (Å²) in [5, 5.41) is 89.1. The van der Waals surface area contributed by atoms with E-state index < -0.39 is 48.7 Å². The number of hydrogen-bond acceptors (Lipinski definition) is 16. The molecule has 1 rings (SSSR count). The molecule has 0 saturated carbocycles. The number of piperazine rings is 1. The molecule has 53 heavy (non-hydrogen) atoms. The van der Waals surface area contributed by atoms with Gasteiger partial charge in [0.1, 0.15) is 36.8 Å². The predicted molar refractivity (Wildman–Crippen MR) is 188 cm³/mol. The number of aliphatic hydroxyl groups is 5. The Hall–Kier alpha value is -2.56. The molecule has 0 radical (unpaired) electrons. The molecule has 19 nitrogen and oxygen atoms in total. The van der Waals surface area contributed by atoms with E-state index in [9.17, 15) is 50.1 Å². The first-order chi connectivity index (χ1) is 25.1. The highest BCUT2D eigenvalue weighted by molar-refractivity contribution is 5.96. The maximum absolute atomic E-state index is 12.6. The van der Waals surface area contributed by atoms with Gasteiger partial charge in [-0.25, -0.2) is 4.79 Å². The average molecular weight is 767 g/mol. The van der Waals surface area contributed by atoms with Gasteiger partial charge in [-0.05, 0) is 95.3 Å². The van der Waals surface area contributed by atoms with E-state index in [1.807, 2.05) is 13.8 Å². The van der Waals surface area contributed by atoms with Crippen molar-refractivity contribution in [2.24, 2.45) is 11.8 Å². The summed E-state index contributed by atoms with van der Waals surface area (Å²) in [6, 6.07) is -2.56. The number of esters is 1. The van der Waals surface area contributed by atoms with Gasteiger partial charge in [0.2, 0.25) is 17.7 Å². The molecular weight excluding hydrogens is 700 g/mol. The molecule has 310 valence electrons. The van der Waals surface area contributed by atoms with Gasteiger partial charge in [0, 0.05) is 39.8 Å². The van der Waals surface area contributed by atoms with Crippen LogP contribution in [-0.2, 0) is 23.9 Å². The number of rotatable bonds is 30. The minimum absolute atomic E-state index is 0.00302. The van der Waals surface area contributed by atoms with E-state index in [2.05, 4.69) is 16.0 Å². The van der Waals surface area contributed by atoms with Gasteiger partial charge in [-0.2, -0.15) is 15.2 Å². The Balaban J connectivity index is 2.31. The molecule has 4 unspecified atom stereocenters. The van der Waals surface area contributed by atoms with Gasteiger partial charge in [-0.3, -0.25) is 14.4 Å². The normalized spacial score (nSPS) is 19.7. The van der Waals surface area contributed by atoms with E-state index in [0.29, 0.717) is 32.1 Å². The van der Waals surface area contributed by atoms with Crippen LogP contribution in [-0.4, -0.2) is 156 Å². The number of hydrogen-bond donors (Lipinski definition) is 11. The molecule has 0 spiro atoms. The summed E-state index contributed by atoms with van der Waals surface area (Å²) in [6.45, 7) is 5.07. The molecule has 1 saturated heterocycles. The van der Waals surface area contributed by atoms with Gasteiger partial charge >= 0.3 is 5.97 Å². The molecule has 1 fully saturated rings. The van der Waals surface area contributed by atoms with E-state index >= 15 is 0 Å². The number of unbranched alkanes of at least 4 members (excludes halogenated alkanes) is 1. The SMILES string of the molecule is CC(=O)N[C@H](CCCN(O)C(O)C[C@@H](C)CCO)C(=O)OCCCCC(O)N(O)CCC[C@@H]1NC(=O)[C@H](CCCN(O)C(O)CC(C)CCO)NC1=O. The van der Waals surface area contributed by atoms with Crippen LogP contribution in [0.5, 0.6) is 0 Å². The van der Waals surface area contributed by atoms with Gasteiger partial charge in [0.05, 0.1) is 6.61 Å². The largest absolute Gasteiger partial charge is 0.464 e. The third kappa shape index (κ3) is 20.6. The summed E-state index contributed by atoms with van der Waals surface area (Å²) in [7, 11) is 0. The number of aliphatic hydroxyl groups excluding tert-OH is 5. The second-order valence-electron chi connectivity index (χ2n) is 14.1. The summed E-state index contributed by atoms with van der Waals surface area (Å²) in [6.07, 6.45) is 0.449. The van der Waals surface area contributed by atoms with E-state index in [0.717, 1.165) is 15.2 Å². The van der Waals surface area contributed by atoms with Crippen molar-refractivity contribution in [2.45, 2.75) is 141 Å². The lowest BCUT2D eigenvalue weighted by Crippen LogP contribution is -2.61. The zero-order valence-electron chi connectivity index (χ0n) is 31.5. The fraction of sp³-hybridized carbons (Fsp3) is 0.882. The number of hydroxylamine groups is 6. The molecule has 0 aromatic heterocycles. The molecule has 1 aliphatic heterocycles. The van der Waals surface area contributed by atoms with Gasteiger partial charge < -0.3 is 61.8 Å². The van der Waals surface area contributed by atoms with Crippen LogP contribution in [0.25, 0.3) is 0 Å². The second kappa shape index (κ2) is 27.1. The van der Waals surface area contributed by atoms with Crippen molar-refractivity contribution in [3.8, 4) is 0 Å². The Morgan fingerprint density at radius 1 is 0.698 bits per heavy atom. The third-order valence-electron chi connectivity index (χ3n) is 9.17. The van der Waals surface area contributed by atoms with Crippen LogP contribution >= 0.6 is 0 Å². The first kappa shape index (κ1) is 48.5. The lowest BCUT2D eigenvalue weighted by atomic mass is 10.0. The van der Waals surface area contributed by atoms with Crippen LogP contribution in [0.4, 0.5) is 0 Å². The lowest BCUT2D eigenvalue weighted by molar-refractivity contribution is -0.202. The minimum atomic E-state index is -1.22. The second-order valence-corrected chi connectivity index (χ2v) is 14.1. The molecule has 1 aliphatic rings. The first-order valence-corrected chi connectivity index (χ1v) is 18.8. The average Bonchev–Trinajstić information content (AvgIpc) is 3.08. The topological polar surface area (TPSA) is 285 Å². The van der Waals surface area contributed by atoms with E-state index in [4.69, 9.17) is 14.9 Å². The molecule has 0 aliphatic carbocycles. The number of nitrogens with one attached hydrogen (secondary N) is 3. The van der Waals surface area contributed by atoms with E-state index in [1.165, 1.54) is 6.92 Å². The number of nitrogens with zero attached hydrogens (tertiary/aromatic N) is 3. The van der Waals surface area contributed by atoms with Gasteiger partial charge in [-0.15, -0.1) is 0 Å². The Bertz CT molecular complexity index is 1060. The first-order valence-electron chi connectivity index (χ1n) is 18.8. The van der Waals surface area contributed by atoms with Crippen molar-refractivity contribution in [1.29, 1.82) is 0 Å². The summed E-state index contributed by atoms with van der Waals surface area (Å²) >= 11 is 0. The van der Waals surface area contributed by atoms with Crippen LogP contribution < -0.4 is 16.0 Å². The summed E-state index contributed by atoms with van der Waals surface area (Å²) in [5.41, 5.74) is 0. The summed E-state index contributed by atoms with van der Waals surface area (Å²) in [5.74, 6) is -1.86. The van der Waals surface area contributed by atoms with Gasteiger partial charge in [-0.1, -0.05) is 13.8 Å². The predicted octanol–water partition coefficient (Wildman–Crippen LogP) is -0.626. The van der Waals surface area contributed by atoms with Crippen molar-refractivity contribution in [1.82, 2.24) is 31.1 Å². The van der Waals surface area contributed by atoms with Gasteiger partial charge in [0.15, 0.2) is 0 Å². The van der Waals surface area contributed by atoms with Crippen LogP contribution in [0.3, 0.4) is 0 Å². The van der Waals surface area contributed by atoms with Crippen molar-refractivity contribution < 1.29 is 65.1 Å². The molecule has 0 aromatic rings. The molecule has 11 N–H and O–H groups in total. The number of carbonyl (C=O) groups excluding carboxylic acids is 4. The highest BCUT2D eigenvalue weighted by Gasteiger charge is 2.33. The van der Waals surface area contributed by atoms with Crippen molar-refractivity contribution in [2.75, 3.05) is 39.5 Å². The zero-order valence-corrected chi connectivity index (χ0v) is 31.5. The highest BCUT2D eigenvalue weighted by Crippen LogP contribution is 2.16. The van der Waals surface area contributed by atoms with Crippen LogP contribution in [0, 0.1) is 11.8 Å². The molecule has 0 aromatic carbocycles. The monoisotopic (exact) mass is 766 g/mol. The van der Waals surface area contributed by atoms with Crippen molar-refractivity contribution in [3.63, 3.8) is 0 Å². The van der Waals surface area contributed by atoms with E-state index in [-0.39, 0.29) is 114 Å². The maximum Gasteiger partial charge on any atom is 0.328 e. The lowest BCUT2D eigenvalue weighted by Gasteiger charge is -2.30. The van der Waals surface area contributed by atoms with Crippen molar-refractivity contribution >= 4 is 23.7 Å². The fourth-order valence-electron chi connectivity index (χ4n) is 5.89. The van der Waals surface area contributed by atoms with Crippen LogP contribution in [0.1, 0.15) is 104 Å². The molecule has 1 heterocycles. The molecule has 19 heteroatoms. The Labute approximate surface area is 312 Å². The highest BCUT2D eigenvalue weighted by atomic mass is 16.5. The Kier molecular flexibility index (Phi) is 24.8. The molecule has 0 bridgehead atoms. The van der Waals surface area contributed by atoms with Gasteiger partial charge in [0.25, 0.3) is 0 Å². The van der Waals surface area contributed by atoms with Crippen LogP contribution in [0.2, 0.25) is 0 Å². The number of carbonyl (C=O) groups is 4. The summed E-state index contributed by atoms with van der Waals surface area (Å²) in [4.78, 5) is 49.4. The number of amides is 3. The Morgan fingerprint density at radius 2 is 1.15 bits per heavy atom. The van der Waals surface area contributed by atoms with Crippen molar-refractivity contribution in [3.05, 3.63) is 0 Å². The molecule has 3 amide bonds. The fourth-order valence-corrected chi connectivity index (χ4v) is 5.89. The summed E-state index contributed by atoms with van der Waals surface area (Å²) < 4.78 is 5.29. The smallest absolute Gasteiger partial charge is 0.328 e. The Morgan fingerprint density at radius 3 is 1.60 bits per heavy atom. The van der Waals surface area contributed by atoms with Crippen LogP contribution in [0.15, 0.2) is 0 Å². The third-order valence-corrected chi connectivity index (χ3v) is 9.17. The zero-order chi connectivity index (χ0) is 39.9. The maximum atomic E-state index is 12.6. The minimum Gasteiger partial charge on any atom is -0.464 e. The molecule has 8 atom stereocenters. The standard InChI is InChI=1S/C34H66N6O13/c1-23(13-18-41)21-30(45)39(51)16-7-10-27-33(48)36-26(32(47)37-27)9-6-15-38(50)29(44)12-4-5-20-53-34(49)28(35-25(3)43)11-8-17-40(52)31(46)22-24(2)14-19-42/h23-24,26-31,41-42,44-46,50-52H,4-22H2,1-3H3,(H,35,43)(H,36,48)(H,37,47)/t23?,24-,26-,27-,28+,29?,30?,31?/m0/s1. The quantitative estimate of drug-likeness (QED) is 0.0188.